The number of halogens is 1. The molecule has 0 radical (unpaired) electrons. The van der Waals surface area contributed by atoms with E-state index in [1.807, 2.05) is 24.3 Å². The third kappa shape index (κ3) is 7.33. The Morgan fingerprint density at radius 3 is 2.80 bits per heavy atom. The van der Waals surface area contributed by atoms with E-state index < -0.39 is 6.04 Å². The molecule has 1 unspecified atom stereocenters. The number of benzene rings is 1. The van der Waals surface area contributed by atoms with Gasteiger partial charge in [0, 0.05) is 26.7 Å². The number of ether oxygens (including phenoxy) is 2. The molecule has 114 valence electrons. The van der Waals surface area contributed by atoms with E-state index in [-0.39, 0.29) is 18.3 Å². The van der Waals surface area contributed by atoms with Crippen LogP contribution in [0.2, 0.25) is 0 Å². The molecule has 0 aliphatic heterocycles. The summed E-state index contributed by atoms with van der Waals surface area (Å²) in [4.78, 5) is 11.4. The van der Waals surface area contributed by atoms with Crippen LogP contribution in [-0.4, -0.2) is 32.3 Å². The maximum atomic E-state index is 11.4. The molecule has 1 atom stereocenters. The van der Waals surface area contributed by atoms with Crippen LogP contribution >= 0.6 is 12.4 Å². The van der Waals surface area contributed by atoms with E-state index in [9.17, 15) is 4.79 Å². The van der Waals surface area contributed by atoms with Crippen LogP contribution in [0.3, 0.4) is 0 Å². The largest absolute Gasteiger partial charge is 0.493 e. The summed E-state index contributed by atoms with van der Waals surface area (Å²) in [5.74, 6) is 0.634. The first-order valence-corrected chi connectivity index (χ1v) is 6.37. The van der Waals surface area contributed by atoms with Gasteiger partial charge in [-0.3, -0.25) is 4.79 Å². The minimum atomic E-state index is -0.492. The third-order valence-electron chi connectivity index (χ3n) is 2.54. The van der Waals surface area contributed by atoms with Gasteiger partial charge in [-0.2, -0.15) is 0 Å². The standard InChI is InChI=1S/C14H22N2O3.ClH/c1-11(15)14(17)16-10-12-5-3-6-13(9-12)19-8-4-7-18-2;/h3,5-6,9,11H,4,7-8,10,15H2,1-2H3,(H,16,17);1H. The van der Waals surface area contributed by atoms with Crippen molar-refractivity contribution in [3.8, 4) is 5.75 Å². The van der Waals surface area contributed by atoms with Crippen LogP contribution in [0.1, 0.15) is 18.9 Å². The van der Waals surface area contributed by atoms with E-state index in [1.54, 1.807) is 14.0 Å². The highest BCUT2D eigenvalue weighted by molar-refractivity contribution is 5.85. The Labute approximate surface area is 126 Å². The van der Waals surface area contributed by atoms with Crippen LogP contribution < -0.4 is 15.8 Å². The maximum absolute atomic E-state index is 11.4. The van der Waals surface area contributed by atoms with Crippen molar-refractivity contribution in [3.63, 3.8) is 0 Å². The lowest BCUT2D eigenvalue weighted by molar-refractivity contribution is -0.122. The van der Waals surface area contributed by atoms with Gasteiger partial charge in [0.2, 0.25) is 5.91 Å². The second-order valence-electron chi connectivity index (χ2n) is 4.35. The van der Waals surface area contributed by atoms with Crippen molar-refractivity contribution in [1.29, 1.82) is 0 Å². The Bertz CT molecular complexity index is 400. The molecule has 0 spiro atoms. The van der Waals surface area contributed by atoms with Gasteiger partial charge in [0.15, 0.2) is 0 Å². The number of amides is 1. The molecule has 0 aliphatic carbocycles. The molecule has 5 nitrogen and oxygen atoms in total. The fraction of sp³-hybridized carbons (Fsp3) is 0.500. The van der Waals surface area contributed by atoms with Gasteiger partial charge in [-0.15, -0.1) is 12.4 Å². The Morgan fingerprint density at radius 1 is 1.40 bits per heavy atom. The first-order valence-electron chi connectivity index (χ1n) is 6.37. The molecule has 1 aromatic carbocycles. The Hall–Kier alpha value is -1.30. The Kier molecular flexibility index (Phi) is 9.80. The van der Waals surface area contributed by atoms with Crippen molar-refractivity contribution in [2.45, 2.75) is 25.9 Å². The second-order valence-corrected chi connectivity index (χ2v) is 4.35. The zero-order valence-corrected chi connectivity index (χ0v) is 12.7. The highest BCUT2D eigenvalue weighted by Crippen LogP contribution is 2.13. The second kappa shape index (κ2) is 10.5. The summed E-state index contributed by atoms with van der Waals surface area (Å²) in [5.41, 5.74) is 6.46. The van der Waals surface area contributed by atoms with Crippen LogP contribution in [0, 0.1) is 0 Å². The van der Waals surface area contributed by atoms with Crippen molar-refractivity contribution in [3.05, 3.63) is 29.8 Å². The number of hydrogen-bond donors (Lipinski definition) is 2. The van der Waals surface area contributed by atoms with E-state index in [0.29, 0.717) is 19.8 Å². The summed E-state index contributed by atoms with van der Waals surface area (Å²) < 4.78 is 10.5. The lowest BCUT2D eigenvalue weighted by Crippen LogP contribution is -2.37. The number of nitrogens with one attached hydrogen (secondary N) is 1. The molecule has 1 rings (SSSR count). The lowest BCUT2D eigenvalue weighted by atomic mass is 10.2. The topological polar surface area (TPSA) is 73.6 Å². The maximum Gasteiger partial charge on any atom is 0.236 e. The van der Waals surface area contributed by atoms with Crippen LogP contribution in [0.5, 0.6) is 5.75 Å². The van der Waals surface area contributed by atoms with Crippen LogP contribution in [0.25, 0.3) is 0 Å². The van der Waals surface area contributed by atoms with Crippen molar-refractivity contribution in [2.24, 2.45) is 5.73 Å². The quantitative estimate of drug-likeness (QED) is 0.714. The number of nitrogens with two attached hydrogens (primary N) is 1. The van der Waals surface area contributed by atoms with Crippen LogP contribution in [0.15, 0.2) is 24.3 Å². The van der Waals surface area contributed by atoms with E-state index in [1.165, 1.54) is 0 Å². The van der Waals surface area contributed by atoms with E-state index >= 15 is 0 Å². The first kappa shape index (κ1) is 18.7. The van der Waals surface area contributed by atoms with Gasteiger partial charge < -0.3 is 20.5 Å². The van der Waals surface area contributed by atoms with E-state index in [4.69, 9.17) is 15.2 Å². The van der Waals surface area contributed by atoms with Crippen molar-refractivity contribution < 1.29 is 14.3 Å². The molecule has 0 aliphatic rings. The monoisotopic (exact) mass is 302 g/mol. The zero-order valence-electron chi connectivity index (χ0n) is 11.9. The Balaban J connectivity index is 0.00000361. The van der Waals surface area contributed by atoms with Gasteiger partial charge in [-0.1, -0.05) is 12.1 Å². The van der Waals surface area contributed by atoms with Gasteiger partial charge in [-0.05, 0) is 24.6 Å². The van der Waals surface area contributed by atoms with Crippen molar-refractivity contribution in [2.75, 3.05) is 20.3 Å². The number of carbonyl (C=O) groups is 1. The molecule has 0 bridgehead atoms. The summed E-state index contributed by atoms with van der Waals surface area (Å²) >= 11 is 0. The molecular weight excluding hydrogens is 280 g/mol. The molecule has 20 heavy (non-hydrogen) atoms. The number of carbonyl (C=O) groups excluding carboxylic acids is 1. The smallest absolute Gasteiger partial charge is 0.236 e. The third-order valence-corrected chi connectivity index (χ3v) is 2.54. The van der Waals surface area contributed by atoms with Gasteiger partial charge >= 0.3 is 0 Å². The van der Waals surface area contributed by atoms with Crippen molar-refractivity contribution in [1.82, 2.24) is 5.32 Å². The normalized spacial score (nSPS) is 11.3. The first-order chi connectivity index (χ1) is 9.13. The Morgan fingerprint density at radius 2 is 2.15 bits per heavy atom. The summed E-state index contributed by atoms with van der Waals surface area (Å²) in [6.07, 6.45) is 0.849. The zero-order chi connectivity index (χ0) is 14.1. The minimum absolute atomic E-state index is 0. The number of rotatable bonds is 8. The van der Waals surface area contributed by atoms with Gasteiger partial charge in [0.05, 0.1) is 12.6 Å². The summed E-state index contributed by atoms with van der Waals surface area (Å²) in [7, 11) is 1.67. The molecular formula is C14H23ClN2O3. The lowest BCUT2D eigenvalue weighted by Gasteiger charge is -2.10. The number of hydrogen-bond acceptors (Lipinski definition) is 4. The van der Waals surface area contributed by atoms with E-state index in [0.717, 1.165) is 17.7 Å². The molecule has 0 heterocycles. The fourth-order valence-corrected chi connectivity index (χ4v) is 1.49. The van der Waals surface area contributed by atoms with Gasteiger partial charge in [0.1, 0.15) is 5.75 Å². The van der Waals surface area contributed by atoms with Crippen molar-refractivity contribution >= 4 is 18.3 Å². The molecule has 6 heteroatoms. The van der Waals surface area contributed by atoms with E-state index in [2.05, 4.69) is 5.32 Å². The number of methoxy groups -OCH3 is 1. The predicted octanol–water partition coefficient (Wildman–Crippen LogP) is 1.49. The highest BCUT2D eigenvalue weighted by Gasteiger charge is 2.06. The van der Waals surface area contributed by atoms with Crippen LogP contribution in [0.4, 0.5) is 0 Å². The average molecular weight is 303 g/mol. The summed E-state index contributed by atoms with van der Waals surface area (Å²) in [6, 6.07) is 7.15. The molecule has 0 aromatic heterocycles. The molecule has 0 saturated carbocycles. The molecule has 3 N–H and O–H groups in total. The van der Waals surface area contributed by atoms with Gasteiger partial charge in [-0.25, -0.2) is 0 Å². The molecule has 1 aromatic rings. The fourth-order valence-electron chi connectivity index (χ4n) is 1.49. The van der Waals surface area contributed by atoms with Crippen LogP contribution in [-0.2, 0) is 16.1 Å². The average Bonchev–Trinajstić information content (AvgIpc) is 2.41. The minimum Gasteiger partial charge on any atom is -0.493 e. The highest BCUT2D eigenvalue weighted by atomic mass is 35.5. The summed E-state index contributed by atoms with van der Waals surface area (Å²) in [6.45, 7) is 3.41. The molecule has 1 amide bonds. The SMILES string of the molecule is COCCCOc1cccc(CNC(=O)C(C)N)c1.Cl. The molecule has 0 fully saturated rings. The molecule has 0 saturated heterocycles. The predicted molar refractivity (Wildman–Crippen MR) is 81.2 cm³/mol. The van der Waals surface area contributed by atoms with Gasteiger partial charge in [0.25, 0.3) is 0 Å². The summed E-state index contributed by atoms with van der Waals surface area (Å²) in [5, 5.41) is 2.76.